The zero-order valence-corrected chi connectivity index (χ0v) is 12.1. The maximum absolute atomic E-state index is 11.0. The lowest BCUT2D eigenvalue weighted by Gasteiger charge is -2.06. The lowest BCUT2D eigenvalue weighted by molar-refractivity contribution is -0.140. The molecule has 108 valence electrons. The summed E-state index contributed by atoms with van der Waals surface area (Å²) >= 11 is 0. The highest BCUT2D eigenvalue weighted by Gasteiger charge is 2.05. The lowest BCUT2D eigenvalue weighted by atomic mass is 10.2. The molecule has 0 aliphatic carbocycles. The van der Waals surface area contributed by atoms with E-state index in [0.29, 0.717) is 6.42 Å². The molecule has 0 radical (unpaired) electrons. The number of para-hydroxylation sites is 2. The Morgan fingerprint density at radius 3 is 2.85 bits per heavy atom. The minimum absolute atomic E-state index is 0.131. The second-order valence-electron chi connectivity index (χ2n) is 4.80. The van der Waals surface area contributed by atoms with Gasteiger partial charge in [0.05, 0.1) is 18.1 Å². The molecular formula is C15H21N3O2. The molecule has 1 N–H and O–H groups in total. The van der Waals surface area contributed by atoms with Gasteiger partial charge in [-0.1, -0.05) is 18.6 Å². The van der Waals surface area contributed by atoms with E-state index in [-0.39, 0.29) is 5.97 Å². The van der Waals surface area contributed by atoms with Crippen LogP contribution in [0.4, 0.5) is 5.95 Å². The number of carbonyl (C=O) groups is 1. The summed E-state index contributed by atoms with van der Waals surface area (Å²) in [5, 5.41) is 3.34. The fraction of sp³-hybridized carbons (Fsp3) is 0.467. The second kappa shape index (κ2) is 6.93. The summed E-state index contributed by atoms with van der Waals surface area (Å²) in [5.41, 5.74) is 2.13. The van der Waals surface area contributed by atoms with E-state index in [4.69, 9.17) is 0 Å². The van der Waals surface area contributed by atoms with E-state index in [9.17, 15) is 4.79 Å². The molecule has 5 nitrogen and oxygen atoms in total. The number of fused-ring (bicyclic) bond motifs is 1. The maximum Gasteiger partial charge on any atom is 0.305 e. The Morgan fingerprint density at radius 1 is 1.30 bits per heavy atom. The Kier molecular flexibility index (Phi) is 4.98. The number of hydrogen-bond acceptors (Lipinski definition) is 4. The molecule has 20 heavy (non-hydrogen) atoms. The van der Waals surface area contributed by atoms with E-state index < -0.39 is 0 Å². The number of nitrogens with zero attached hydrogens (tertiary/aromatic N) is 2. The first kappa shape index (κ1) is 14.4. The van der Waals surface area contributed by atoms with Gasteiger partial charge in [-0.3, -0.25) is 4.79 Å². The Balaban J connectivity index is 1.76. The number of aryl methyl sites for hydroxylation is 1. The lowest BCUT2D eigenvalue weighted by Crippen LogP contribution is -2.07. The quantitative estimate of drug-likeness (QED) is 0.623. The van der Waals surface area contributed by atoms with Crippen molar-refractivity contribution in [1.82, 2.24) is 9.55 Å². The van der Waals surface area contributed by atoms with Gasteiger partial charge in [0.15, 0.2) is 0 Å². The molecule has 0 unspecified atom stereocenters. The van der Waals surface area contributed by atoms with Crippen LogP contribution in [0.2, 0.25) is 0 Å². The number of ether oxygens (including phenoxy) is 1. The molecule has 2 aromatic rings. The first-order valence-corrected chi connectivity index (χ1v) is 6.94. The van der Waals surface area contributed by atoms with Gasteiger partial charge in [-0.25, -0.2) is 4.98 Å². The minimum atomic E-state index is -0.131. The number of carbonyl (C=O) groups excluding carboxylic acids is 1. The smallest absolute Gasteiger partial charge is 0.305 e. The number of unbranched alkanes of at least 4 members (excludes halogenated alkanes) is 2. The van der Waals surface area contributed by atoms with E-state index in [0.717, 1.165) is 42.8 Å². The van der Waals surface area contributed by atoms with Crippen molar-refractivity contribution in [1.29, 1.82) is 0 Å². The summed E-state index contributed by atoms with van der Waals surface area (Å²) in [5.74, 6) is 0.757. The molecule has 0 fully saturated rings. The van der Waals surface area contributed by atoms with Crippen LogP contribution in [0.5, 0.6) is 0 Å². The highest BCUT2D eigenvalue weighted by Crippen LogP contribution is 2.17. The van der Waals surface area contributed by atoms with Crippen molar-refractivity contribution in [3.05, 3.63) is 24.3 Å². The largest absolute Gasteiger partial charge is 0.469 e. The van der Waals surface area contributed by atoms with Gasteiger partial charge in [0, 0.05) is 20.0 Å². The van der Waals surface area contributed by atoms with Gasteiger partial charge in [-0.15, -0.1) is 0 Å². The summed E-state index contributed by atoms with van der Waals surface area (Å²) in [7, 11) is 3.44. The fourth-order valence-electron chi connectivity index (χ4n) is 2.18. The van der Waals surface area contributed by atoms with Crippen LogP contribution in [0.3, 0.4) is 0 Å². The summed E-state index contributed by atoms with van der Waals surface area (Å²) in [4.78, 5) is 15.5. The SMILES string of the molecule is COC(=O)CCCCCNc1nc2ccccc2n1C. The molecule has 0 aliphatic heterocycles. The number of methoxy groups -OCH3 is 1. The predicted octanol–water partition coefficient (Wildman–Crippen LogP) is 2.72. The number of anilines is 1. The zero-order valence-electron chi connectivity index (χ0n) is 12.1. The van der Waals surface area contributed by atoms with E-state index >= 15 is 0 Å². The Labute approximate surface area is 118 Å². The van der Waals surface area contributed by atoms with Gasteiger partial charge in [0.2, 0.25) is 5.95 Å². The molecule has 5 heteroatoms. The molecule has 0 spiro atoms. The summed E-state index contributed by atoms with van der Waals surface area (Å²) in [6.07, 6.45) is 3.39. The predicted molar refractivity (Wildman–Crippen MR) is 79.7 cm³/mol. The zero-order chi connectivity index (χ0) is 14.4. The van der Waals surface area contributed by atoms with Crippen LogP contribution in [-0.4, -0.2) is 29.2 Å². The van der Waals surface area contributed by atoms with Gasteiger partial charge in [-0.05, 0) is 25.0 Å². The molecule has 0 amide bonds. The molecule has 2 rings (SSSR count). The van der Waals surface area contributed by atoms with E-state index in [1.165, 1.54) is 7.11 Å². The van der Waals surface area contributed by atoms with Crippen molar-refractivity contribution in [3.63, 3.8) is 0 Å². The summed E-state index contributed by atoms with van der Waals surface area (Å²) < 4.78 is 6.67. The van der Waals surface area contributed by atoms with Crippen LogP contribution < -0.4 is 5.32 Å². The second-order valence-corrected chi connectivity index (χ2v) is 4.80. The third-order valence-electron chi connectivity index (χ3n) is 3.36. The monoisotopic (exact) mass is 275 g/mol. The van der Waals surface area contributed by atoms with E-state index in [1.54, 1.807) is 0 Å². The number of nitrogens with one attached hydrogen (secondary N) is 1. The van der Waals surface area contributed by atoms with Crippen molar-refractivity contribution in [2.45, 2.75) is 25.7 Å². The first-order chi connectivity index (χ1) is 9.72. The van der Waals surface area contributed by atoms with Crippen molar-refractivity contribution in [2.75, 3.05) is 19.0 Å². The summed E-state index contributed by atoms with van der Waals surface area (Å²) in [6, 6.07) is 8.08. The summed E-state index contributed by atoms with van der Waals surface area (Å²) in [6.45, 7) is 0.859. The number of imidazole rings is 1. The third kappa shape index (κ3) is 3.50. The molecule has 0 saturated heterocycles. The van der Waals surface area contributed by atoms with Crippen LogP contribution in [0, 0.1) is 0 Å². The number of rotatable bonds is 7. The van der Waals surface area contributed by atoms with E-state index in [2.05, 4.69) is 25.7 Å². The Hall–Kier alpha value is -2.04. The van der Waals surface area contributed by atoms with Crippen LogP contribution in [0.1, 0.15) is 25.7 Å². The number of hydrogen-bond donors (Lipinski definition) is 1. The number of aromatic nitrogens is 2. The molecule has 0 aliphatic rings. The third-order valence-corrected chi connectivity index (χ3v) is 3.36. The standard InChI is InChI=1S/C15H21N3O2/c1-18-13-9-6-5-8-12(13)17-15(18)16-11-7-3-4-10-14(19)20-2/h5-6,8-9H,3-4,7,10-11H2,1-2H3,(H,16,17). The molecule has 1 aromatic carbocycles. The molecule has 0 atom stereocenters. The first-order valence-electron chi connectivity index (χ1n) is 6.94. The van der Waals surface area contributed by atoms with Gasteiger partial charge in [0.25, 0.3) is 0 Å². The van der Waals surface area contributed by atoms with Crippen LogP contribution >= 0.6 is 0 Å². The van der Waals surface area contributed by atoms with Crippen LogP contribution in [0.15, 0.2) is 24.3 Å². The Morgan fingerprint density at radius 2 is 2.10 bits per heavy atom. The number of esters is 1. The minimum Gasteiger partial charge on any atom is -0.469 e. The average molecular weight is 275 g/mol. The van der Waals surface area contributed by atoms with Crippen molar-refractivity contribution in [3.8, 4) is 0 Å². The van der Waals surface area contributed by atoms with Gasteiger partial charge in [0.1, 0.15) is 0 Å². The van der Waals surface area contributed by atoms with Crippen molar-refractivity contribution in [2.24, 2.45) is 7.05 Å². The normalized spacial score (nSPS) is 10.7. The van der Waals surface area contributed by atoms with Gasteiger partial charge in [-0.2, -0.15) is 0 Å². The van der Waals surface area contributed by atoms with Crippen molar-refractivity contribution >= 4 is 23.0 Å². The molecular weight excluding hydrogens is 254 g/mol. The van der Waals surface area contributed by atoms with E-state index in [1.807, 2.05) is 25.2 Å². The van der Waals surface area contributed by atoms with Crippen LogP contribution in [-0.2, 0) is 16.6 Å². The molecule has 1 aromatic heterocycles. The van der Waals surface area contributed by atoms with Crippen LogP contribution in [0.25, 0.3) is 11.0 Å². The highest BCUT2D eigenvalue weighted by molar-refractivity contribution is 5.78. The average Bonchev–Trinajstić information content (AvgIpc) is 2.79. The van der Waals surface area contributed by atoms with Crippen molar-refractivity contribution < 1.29 is 9.53 Å². The van der Waals surface area contributed by atoms with Gasteiger partial charge < -0.3 is 14.6 Å². The molecule has 0 bridgehead atoms. The maximum atomic E-state index is 11.0. The molecule has 1 heterocycles. The molecule has 0 saturated carbocycles. The number of benzene rings is 1. The van der Waals surface area contributed by atoms with Gasteiger partial charge >= 0.3 is 5.97 Å². The Bertz CT molecular complexity index is 578. The highest BCUT2D eigenvalue weighted by atomic mass is 16.5. The fourth-order valence-corrected chi connectivity index (χ4v) is 2.18. The topological polar surface area (TPSA) is 56.1 Å².